The van der Waals surface area contributed by atoms with Gasteiger partial charge in [-0.05, 0) is 26.4 Å². The lowest BCUT2D eigenvalue weighted by molar-refractivity contribution is 0.0834. The number of hydrogen-bond acceptors (Lipinski definition) is 3. The minimum atomic E-state index is -1.05. The van der Waals surface area contributed by atoms with Gasteiger partial charge in [-0.15, -0.1) is 0 Å². The molecule has 1 rings (SSSR count). The Bertz CT molecular complexity index is 175. The van der Waals surface area contributed by atoms with Crippen LogP contribution in [0.1, 0.15) is 19.3 Å². The van der Waals surface area contributed by atoms with Crippen molar-refractivity contribution in [3.05, 3.63) is 0 Å². The zero-order valence-corrected chi connectivity index (χ0v) is 6.88. The third kappa shape index (κ3) is 2.18. The van der Waals surface area contributed by atoms with Crippen molar-refractivity contribution in [3.8, 4) is 6.07 Å². The monoisotopic (exact) mass is 154 g/mol. The topological polar surface area (TPSA) is 47.3 Å². The van der Waals surface area contributed by atoms with Gasteiger partial charge in [0, 0.05) is 13.0 Å². The summed E-state index contributed by atoms with van der Waals surface area (Å²) in [6.07, 6.45) is 2.12. The second-order valence-corrected chi connectivity index (χ2v) is 3.30. The molecule has 1 heterocycles. The molecule has 1 fully saturated rings. The molecule has 1 N–H and O–H groups in total. The van der Waals surface area contributed by atoms with E-state index in [1.54, 1.807) is 0 Å². The second-order valence-electron chi connectivity index (χ2n) is 3.30. The summed E-state index contributed by atoms with van der Waals surface area (Å²) in [5.41, 5.74) is -1.05. The molecule has 0 amide bonds. The van der Waals surface area contributed by atoms with Crippen molar-refractivity contribution in [2.24, 2.45) is 0 Å². The third-order valence-electron chi connectivity index (χ3n) is 2.25. The van der Waals surface area contributed by atoms with Gasteiger partial charge in [-0.3, -0.25) is 0 Å². The van der Waals surface area contributed by atoms with E-state index in [-0.39, 0.29) is 0 Å². The highest BCUT2D eigenvalue weighted by Crippen LogP contribution is 2.20. The van der Waals surface area contributed by atoms with Gasteiger partial charge in [0.2, 0.25) is 0 Å². The lowest BCUT2D eigenvalue weighted by Gasteiger charge is -2.16. The number of nitrogens with zero attached hydrogens (tertiary/aromatic N) is 2. The summed E-state index contributed by atoms with van der Waals surface area (Å²) >= 11 is 0. The highest BCUT2D eigenvalue weighted by molar-refractivity contribution is 5.01. The van der Waals surface area contributed by atoms with Crippen LogP contribution in [-0.2, 0) is 0 Å². The van der Waals surface area contributed by atoms with Gasteiger partial charge >= 0.3 is 0 Å². The van der Waals surface area contributed by atoms with E-state index in [9.17, 15) is 5.11 Å². The summed E-state index contributed by atoms with van der Waals surface area (Å²) in [7, 11) is 2.02. The zero-order valence-electron chi connectivity index (χ0n) is 6.88. The van der Waals surface area contributed by atoms with Crippen molar-refractivity contribution in [1.29, 1.82) is 5.26 Å². The molecule has 62 valence electrons. The largest absolute Gasteiger partial charge is 0.375 e. The van der Waals surface area contributed by atoms with Gasteiger partial charge in [-0.1, -0.05) is 0 Å². The Morgan fingerprint density at radius 3 is 2.82 bits per heavy atom. The number of hydrogen-bond donors (Lipinski definition) is 1. The summed E-state index contributed by atoms with van der Waals surface area (Å²) in [5, 5.41) is 18.2. The van der Waals surface area contributed by atoms with Crippen LogP contribution in [0.25, 0.3) is 0 Å². The van der Waals surface area contributed by atoms with Gasteiger partial charge in [-0.25, -0.2) is 0 Å². The number of likely N-dealkylation sites (tertiary alicyclic amines) is 1. The molecule has 1 aliphatic heterocycles. The summed E-state index contributed by atoms with van der Waals surface area (Å²) in [5.74, 6) is 0. The van der Waals surface area contributed by atoms with E-state index in [1.165, 1.54) is 0 Å². The van der Waals surface area contributed by atoms with E-state index in [0.717, 1.165) is 19.5 Å². The number of nitriles is 1. The molecule has 3 heteroatoms. The van der Waals surface area contributed by atoms with Gasteiger partial charge in [-0.2, -0.15) is 5.26 Å². The molecule has 1 aliphatic rings. The van der Waals surface area contributed by atoms with Gasteiger partial charge < -0.3 is 10.0 Å². The van der Waals surface area contributed by atoms with E-state index in [1.807, 2.05) is 13.1 Å². The standard InChI is InChI=1S/C8H14N2O/c1-10-5-2-3-8(11,7-9)4-6-10/h11H,2-6H2,1H3. The van der Waals surface area contributed by atoms with Crippen LogP contribution < -0.4 is 0 Å². The van der Waals surface area contributed by atoms with Gasteiger partial charge in [0.05, 0.1) is 6.07 Å². The normalized spacial score (nSPS) is 34.3. The fourth-order valence-corrected chi connectivity index (χ4v) is 1.37. The van der Waals surface area contributed by atoms with Crippen LogP contribution in [0.5, 0.6) is 0 Å². The molecule has 0 radical (unpaired) electrons. The zero-order chi connectivity index (χ0) is 8.32. The predicted molar refractivity (Wildman–Crippen MR) is 41.9 cm³/mol. The maximum Gasteiger partial charge on any atom is 0.152 e. The highest BCUT2D eigenvalue weighted by atomic mass is 16.3. The highest BCUT2D eigenvalue weighted by Gasteiger charge is 2.28. The average Bonchev–Trinajstić information content (AvgIpc) is 2.15. The van der Waals surface area contributed by atoms with Crippen LogP contribution in [0.4, 0.5) is 0 Å². The summed E-state index contributed by atoms with van der Waals surface area (Å²) in [6, 6.07) is 1.97. The third-order valence-corrected chi connectivity index (χ3v) is 2.25. The first-order valence-electron chi connectivity index (χ1n) is 3.98. The van der Waals surface area contributed by atoms with Crippen molar-refractivity contribution >= 4 is 0 Å². The maximum atomic E-state index is 9.59. The molecule has 0 bridgehead atoms. The lowest BCUT2D eigenvalue weighted by Crippen LogP contribution is -2.28. The Labute approximate surface area is 67.2 Å². The van der Waals surface area contributed by atoms with Crippen LogP contribution in [0.3, 0.4) is 0 Å². The Morgan fingerprint density at radius 1 is 1.45 bits per heavy atom. The summed E-state index contributed by atoms with van der Waals surface area (Å²) in [6.45, 7) is 1.81. The molecule has 0 saturated carbocycles. The van der Waals surface area contributed by atoms with E-state index in [0.29, 0.717) is 12.8 Å². The predicted octanol–water partition coefficient (Wildman–Crippen LogP) is 0.357. The van der Waals surface area contributed by atoms with Crippen LogP contribution in [0.2, 0.25) is 0 Å². The first-order chi connectivity index (χ1) is 5.16. The smallest absolute Gasteiger partial charge is 0.152 e. The van der Waals surface area contributed by atoms with Gasteiger partial charge in [0.1, 0.15) is 0 Å². The summed E-state index contributed by atoms with van der Waals surface area (Å²) < 4.78 is 0. The molecule has 0 aromatic heterocycles. The molecule has 1 atom stereocenters. The Morgan fingerprint density at radius 2 is 2.18 bits per heavy atom. The van der Waals surface area contributed by atoms with Crippen molar-refractivity contribution in [1.82, 2.24) is 4.90 Å². The Kier molecular flexibility index (Phi) is 2.48. The molecule has 1 unspecified atom stereocenters. The molecule has 0 aliphatic carbocycles. The number of aliphatic hydroxyl groups is 1. The minimum Gasteiger partial charge on any atom is -0.375 e. The first-order valence-corrected chi connectivity index (χ1v) is 3.98. The van der Waals surface area contributed by atoms with E-state index in [4.69, 9.17) is 5.26 Å². The minimum absolute atomic E-state index is 0.583. The van der Waals surface area contributed by atoms with Crippen molar-refractivity contribution < 1.29 is 5.11 Å². The second kappa shape index (κ2) is 3.21. The SMILES string of the molecule is CN1CCCC(O)(C#N)CC1. The van der Waals surface area contributed by atoms with E-state index >= 15 is 0 Å². The quantitative estimate of drug-likeness (QED) is 0.512. The van der Waals surface area contributed by atoms with Gasteiger partial charge in [0.15, 0.2) is 5.60 Å². The Balaban J connectivity index is 2.54. The molecular weight excluding hydrogens is 140 g/mol. The van der Waals surface area contributed by atoms with Gasteiger partial charge in [0.25, 0.3) is 0 Å². The Hall–Kier alpha value is -0.590. The van der Waals surface area contributed by atoms with Crippen LogP contribution >= 0.6 is 0 Å². The first kappa shape index (κ1) is 8.51. The molecule has 1 saturated heterocycles. The fourth-order valence-electron chi connectivity index (χ4n) is 1.37. The van der Waals surface area contributed by atoms with Crippen molar-refractivity contribution in [3.63, 3.8) is 0 Å². The fraction of sp³-hybridized carbons (Fsp3) is 0.875. The van der Waals surface area contributed by atoms with Crippen LogP contribution in [-0.4, -0.2) is 35.7 Å². The molecule has 3 nitrogen and oxygen atoms in total. The maximum absolute atomic E-state index is 9.59. The molecule has 0 aromatic rings. The molecular formula is C8H14N2O. The van der Waals surface area contributed by atoms with Crippen LogP contribution in [0, 0.1) is 11.3 Å². The molecule has 11 heavy (non-hydrogen) atoms. The average molecular weight is 154 g/mol. The van der Waals surface area contributed by atoms with E-state index < -0.39 is 5.60 Å². The summed E-state index contributed by atoms with van der Waals surface area (Å²) in [4.78, 5) is 2.15. The van der Waals surface area contributed by atoms with E-state index in [2.05, 4.69) is 4.90 Å². The molecule has 0 spiro atoms. The number of rotatable bonds is 0. The molecule has 0 aromatic carbocycles. The lowest BCUT2D eigenvalue weighted by atomic mass is 9.97. The van der Waals surface area contributed by atoms with Crippen molar-refractivity contribution in [2.75, 3.05) is 20.1 Å². The van der Waals surface area contributed by atoms with Crippen LogP contribution in [0.15, 0.2) is 0 Å². The van der Waals surface area contributed by atoms with Crippen molar-refractivity contribution in [2.45, 2.75) is 24.9 Å².